The Morgan fingerprint density at radius 1 is 1.33 bits per heavy atom. The molecule has 0 amide bonds. The maximum Gasteiger partial charge on any atom is 0.224 e. The van der Waals surface area contributed by atoms with Gasteiger partial charge in [-0.1, -0.05) is 6.07 Å². The second-order valence-corrected chi connectivity index (χ2v) is 4.89. The third kappa shape index (κ3) is 2.87. The zero-order chi connectivity index (χ0) is 13.1. The number of nitrogens with one attached hydrogen (secondary N) is 2. The first kappa shape index (κ1) is 13.0. The quantitative estimate of drug-likeness (QED) is 0.827. The molecule has 4 nitrogen and oxygen atoms in total. The van der Waals surface area contributed by atoms with Gasteiger partial charge in [-0.05, 0) is 47.2 Å². The second kappa shape index (κ2) is 5.47. The zero-order valence-electron chi connectivity index (χ0n) is 9.96. The van der Waals surface area contributed by atoms with Crippen LogP contribution in [-0.4, -0.2) is 17.0 Å². The van der Waals surface area contributed by atoms with Crippen molar-refractivity contribution in [1.29, 1.82) is 0 Å². The maximum atomic E-state index is 13.6. The lowest BCUT2D eigenvalue weighted by molar-refractivity contribution is 0.619. The van der Waals surface area contributed by atoms with Gasteiger partial charge in [0, 0.05) is 16.3 Å². The van der Waals surface area contributed by atoms with E-state index in [0.29, 0.717) is 5.95 Å². The number of benzene rings is 1. The van der Waals surface area contributed by atoms with E-state index in [1.165, 1.54) is 5.56 Å². The summed E-state index contributed by atoms with van der Waals surface area (Å²) in [5.74, 6) is 0.0549. The monoisotopic (exact) mass is 358 g/mol. The first-order chi connectivity index (χ1) is 8.60. The van der Waals surface area contributed by atoms with Crippen LogP contribution >= 0.6 is 22.6 Å². The van der Waals surface area contributed by atoms with E-state index in [1.807, 2.05) is 25.1 Å². The highest BCUT2D eigenvalue weighted by Crippen LogP contribution is 2.22. The molecule has 1 aromatic heterocycles. The van der Waals surface area contributed by atoms with Gasteiger partial charge in [-0.2, -0.15) is 4.98 Å². The molecular formula is C12H12FIN4. The molecule has 0 atom stereocenters. The molecule has 0 fully saturated rings. The molecule has 2 aromatic rings. The molecular weight excluding hydrogens is 346 g/mol. The van der Waals surface area contributed by atoms with E-state index in [4.69, 9.17) is 0 Å². The second-order valence-electron chi connectivity index (χ2n) is 3.73. The molecule has 1 aromatic carbocycles. The SMILES string of the molecule is CNc1ncc(F)c(Nc2ccc(C)c(I)c2)n1. The predicted octanol–water partition coefficient (Wildman–Crippen LogP) is 3.31. The topological polar surface area (TPSA) is 49.8 Å². The summed E-state index contributed by atoms with van der Waals surface area (Å²) in [6.45, 7) is 2.02. The minimum atomic E-state index is -0.482. The average Bonchev–Trinajstić information content (AvgIpc) is 2.36. The van der Waals surface area contributed by atoms with Gasteiger partial charge in [-0.25, -0.2) is 9.37 Å². The van der Waals surface area contributed by atoms with Gasteiger partial charge in [0.15, 0.2) is 11.6 Å². The van der Waals surface area contributed by atoms with Crippen LogP contribution in [0, 0.1) is 16.3 Å². The molecule has 0 saturated heterocycles. The van der Waals surface area contributed by atoms with Crippen molar-refractivity contribution in [3.63, 3.8) is 0 Å². The van der Waals surface area contributed by atoms with Crippen molar-refractivity contribution in [1.82, 2.24) is 9.97 Å². The van der Waals surface area contributed by atoms with E-state index in [0.717, 1.165) is 15.5 Å². The van der Waals surface area contributed by atoms with Gasteiger partial charge in [-0.15, -0.1) is 0 Å². The fraction of sp³-hybridized carbons (Fsp3) is 0.167. The molecule has 2 N–H and O–H groups in total. The standard InChI is InChI=1S/C12H12FIN4/c1-7-3-4-8(5-10(7)14)17-11-9(13)6-16-12(15-2)18-11/h3-6H,1-2H3,(H2,15,16,17,18). The Hall–Kier alpha value is -1.44. The molecule has 1 heterocycles. The van der Waals surface area contributed by atoms with Gasteiger partial charge in [-0.3, -0.25) is 0 Å². The van der Waals surface area contributed by atoms with Crippen LogP contribution in [0.5, 0.6) is 0 Å². The van der Waals surface area contributed by atoms with Gasteiger partial charge in [0.05, 0.1) is 6.20 Å². The summed E-state index contributed by atoms with van der Waals surface area (Å²) in [5, 5.41) is 5.71. The summed E-state index contributed by atoms with van der Waals surface area (Å²) in [6.07, 6.45) is 1.14. The number of hydrogen-bond donors (Lipinski definition) is 2. The predicted molar refractivity (Wildman–Crippen MR) is 78.7 cm³/mol. The van der Waals surface area contributed by atoms with E-state index in [9.17, 15) is 4.39 Å². The number of aryl methyl sites for hydroxylation is 1. The smallest absolute Gasteiger partial charge is 0.224 e. The van der Waals surface area contributed by atoms with Crippen molar-refractivity contribution in [2.45, 2.75) is 6.92 Å². The van der Waals surface area contributed by atoms with E-state index < -0.39 is 5.82 Å². The number of halogens is 2. The molecule has 2 rings (SSSR count). The van der Waals surface area contributed by atoms with Crippen LogP contribution in [0.3, 0.4) is 0 Å². The Balaban J connectivity index is 2.30. The summed E-state index contributed by atoms with van der Waals surface area (Å²) < 4.78 is 14.7. The molecule has 0 spiro atoms. The Bertz CT molecular complexity index is 574. The summed E-state index contributed by atoms with van der Waals surface area (Å²) in [4.78, 5) is 7.82. The summed E-state index contributed by atoms with van der Waals surface area (Å²) in [6, 6.07) is 5.80. The van der Waals surface area contributed by atoms with Crippen molar-refractivity contribution >= 4 is 40.0 Å². The fourth-order valence-corrected chi connectivity index (χ4v) is 1.90. The molecule has 18 heavy (non-hydrogen) atoms. The minimum absolute atomic E-state index is 0.161. The van der Waals surface area contributed by atoms with Crippen molar-refractivity contribution in [3.05, 3.63) is 39.3 Å². The van der Waals surface area contributed by atoms with Gasteiger partial charge >= 0.3 is 0 Å². The normalized spacial score (nSPS) is 10.2. The van der Waals surface area contributed by atoms with E-state index in [-0.39, 0.29) is 5.82 Å². The van der Waals surface area contributed by atoms with Gasteiger partial charge < -0.3 is 10.6 Å². The number of anilines is 3. The Morgan fingerprint density at radius 3 is 2.78 bits per heavy atom. The van der Waals surface area contributed by atoms with Crippen LogP contribution in [0.15, 0.2) is 24.4 Å². The summed E-state index contributed by atoms with van der Waals surface area (Å²) >= 11 is 2.24. The summed E-state index contributed by atoms with van der Waals surface area (Å²) in [7, 11) is 1.69. The molecule has 0 aliphatic heterocycles. The third-order valence-corrected chi connectivity index (χ3v) is 3.56. The van der Waals surface area contributed by atoms with Crippen LogP contribution in [0.1, 0.15) is 5.56 Å². The Kier molecular flexibility index (Phi) is 3.95. The highest BCUT2D eigenvalue weighted by molar-refractivity contribution is 14.1. The van der Waals surface area contributed by atoms with Crippen molar-refractivity contribution < 1.29 is 4.39 Å². The van der Waals surface area contributed by atoms with Gasteiger partial charge in [0.25, 0.3) is 0 Å². The number of aromatic nitrogens is 2. The number of rotatable bonds is 3. The first-order valence-electron chi connectivity index (χ1n) is 5.33. The number of nitrogens with zero attached hydrogens (tertiary/aromatic N) is 2. The first-order valence-corrected chi connectivity index (χ1v) is 6.41. The highest BCUT2D eigenvalue weighted by Gasteiger charge is 2.07. The molecule has 94 valence electrons. The van der Waals surface area contributed by atoms with Crippen molar-refractivity contribution in [2.75, 3.05) is 17.7 Å². The average molecular weight is 358 g/mol. The zero-order valence-corrected chi connectivity index (χ0v) is 12.1. The minimum Gasteiger partial charge on any atom is -0.357 e. The van der Waals surface area contributed by atoms with Crippen molar-refractivity contribution in [3.8, 4) is 0 Å². The van der Waals surface area contributed by atoms with Gasteiger partial charge in [0.1, 0.15) is 0 Å². The van der Waals surface area contributed by atoms with Crippen LogP contribution in [-0.2, 0) is 0 Å². The fourth-order valence-electron chi connectivity index (χ4n) is 1.38. The molecule has 0 unspecified atom stereocenters. The molecule has 0 radical (unpaired) electrons. The van der Waals surface area contributed by atoms with E-state index in [2.05, 4.69) is 43.2 Å². The van der Waals surface area contributed by atoms with Crippen LogP contribution in [0.2, 0.25) is 0 Å². The van der Waals surface area contributed by atoms with Gasteiger partial charge in [0.2, 0.25) is 5.95 Å². The maximum absolute atomic E-state index is 13.6. The van der Waals surface area contributed by atoms with E-state index >= 15 is 0 Å². The van der Waals surface area contributed by atoms with E-state index in [1.54, 1.807) is 7.05 Å². The molecule has 0 saturated carbocycles. The molecule has 0 aliphatic rings. The lowest BCUT2D eigenvalue weighted by Gasteiger charge is -2.09. The lowest BCUT2D eigenvalue weighted by atomic mass is 10.2. The van der Waals surface area contributed by atoms with Crippen LogP contribution in [0.25, 0.3) is 0 Å². The van der Waals surface area contributed by atoms with Crippen LogP contribution in [0.4, 0.5) is 21.8 Å². The Morgan fingerprint density at radius 2 is 2.11 bits per heavy atom. The summed E-state index contributed by atoms with van der Waals surface area (Å²) in [5.41, 5.74) is 1.98. The molecule has 0 bridgehead atoms. The Labute approximate surface area is 118 Å². The molecule has 0 aliphatic carbocycles. The largest absolute Gasteiger partial charge is 0.357 e. The highest BCUT2D eigenvalue weighted by atomic mass is 127. The third-order valence-electron chi connectivity index (χ3n) is 2.40. The van der Waals surface area contributed by atoms with Crippen molar-refractivity contribution in [2.24, 2.45) is 0 Å². The molecule has 6 heteroatoms. The lowest BCUT2D eigenvalue weighted by Crippen LogP contribution is -2.03. The number of hydrogen-bond acceptors (Lipinski definition) is 4. The van der Waals surface area contributed by atoms with Crippen LogP contribution < -0.4 is 10.6 Å².